The molecule has 1 atom stereocenters. The maximum absolute atomic E-state index is 5.74. The molecule has 0 spiro atoms. The van der Waals surface area contributed by atoms with Crippen molar-refractivity contribution < 1.29 is 0 Å². The minimum Gasteiger partial charge on any atom is -0.404 e. The van der Waals surface area contributed by atoms with Gasteiger partial charge in [-0.3, -0.25) is 4.99 Å². The van der Waals surface area contributed by atoms with Gasteiger partial charge in [0.25, 0.3) is 0 Å². The number of aryl methyl sites for hydroxylation is 1. The second-order valence-corrected chi connectivity index (χ2v) is 6.04. The number of rotatable bonds is 5. The average molecular weight is 337 g/mol. The number of allylic oxidation sites excluding steroid dienone is 1. The molecule has 1 aliphatic rings. The molecule has 1 fully saturated rings. The Bertz CT molecular complexity index is 792. The van der Waals surface area contributed by atoms with Crippen LogP contribution in [0.25, 0.3) is 5.57 Å². The Hall–Kier alpha value is -2.80. The molecule has 1 unspecified atom stereocenters. The molecule has 0 bridgehead atoms. The van der Waals surface area contributed by atoms with E-state index in [-0.39, 0.29) is 0 Å². The molecule has 1 saturated heterocycles. The molecule has 0 amide bonds. The first-order valence-corrected chi connectivity index (χ1v) is 8.33. The van der Waals surface area contributed by atoms with E-state index < -0.39 is 0 Å². The Labute approximate surface area is 147 Å². The first-order valence-electron chi connectivity index (χ1n) is 8.33. The standard InChI is InChI=1S/C18H23N7/c1-12-3-6-22-16(7-12)24-17-8-15(13-4-5-21-11-13)23-18(25-17)14(9-19)10-20-2/h3,6-10,13,21H,4-5,11,19H2,1-2H3,(H,22,23,24,25). The lowest BCUT2D eigenvalue weighted by atomic mass is 10.0. The van der Waals surface area contributed by atoms with Crippen LogP contribution in [0.3, 0.4) is 0 Å². The van der Waals surface area contributed by atoms with Gasteiger partial charge in [-0.1, -0.05) is 0 Å². The highest BCUT2D eigenvalue weighted by Crippen LogP contribution is 2.25. The summed E-state index contributed by atoms with van der Waals surface area (Å²) in [6.07, 6.45) is 5.98. The molecule has 2 aromatic rings. The molecule has 25 heavy (non-hydrogen) atoms. The van der Waals surface area contributed by atoms with Crippen molar-refractivity contribution >= 4 is 23.4 Å². The number of hydrogen-bond acceptors (Lipinski definition) is 7. The SMILES string of the molecule is CN=CC(=CN)c1nc(Nc2cc(C)ccn2)cc(C2CCNC2)n1. The maximum Gasteiger partial charge on any atom is 0.164 e. The summed E-state index contributed by atoms with van der Waals surface area (Å²) in [5.41, 5.74) is 8.56. The van der Waals surface area contributed by atoms with Crippen LogP contribution in [-0.4, -0.2) is 41.3 Å². The second kappa shape index (κ2) is 7.85. The number of hydrogen-bond donors (Lipinski definition) is 3. The van der Waals surface area contributed by atoms with E-state index in [0.29, 0.717) is 23.1 Å². The van der Waals surface area contributed by atoms with Crippen LogP contribution in [-0.2, 0) is 0 Å². The molecular weight excluding hydrogens is 314 g/mol. The van der Waals surface area contributed by atoms with E-state index in [9.17, 15) is 0 Å². The summed E-state index contributed by atoms with van der Waals surface area (Å²) in [5, 5.41) is 6.65. The molecular formula is C18H23N7. The number of aliphatic imine (C=N–C) groups is 1. The number of aromatic nitrogens is 3. The summed E-state index contributed by atoms with van der Waals surface area (Å²) in [5.74, 6) is 2.38. The van der Waals surface area contributed by atoms with Gasteiger partial charge in [-0.15, -0.1) is 0 Å². The molecule has 0 radical (unpaired) electrons. The fourth-order valence-electron chi connectivity index (χ4n) is 2.83. The predicted octanol–water partition coefficient (Wildman–Crippen LogP) is 2.00. The zero-order valence-corrected chi connectivity index (χ0v) is 14.5. The highest BCUT2D eigenvalue weighted by atomic mass is 15.1. The quantitative estimate of drug-likeness (QED) is 0.722. The minimum absolute atomic E-state index is 0.366. The third-order valence-electron chi connectivity index (χ3n) is 4.10. The molecule has 3 rings (SSSR count). The summed E-state index contributed by atoms with van der Waals surface area (Å²) in [6.45, 7) is 3.95. The Morgan fingerprint density at radius 1 is 1.36 bits per heavy atom. The lowest BCUT2D eigenvalue weighted by Crippen LogP contribution is -2.12. The lowest BCUT2D eigenvalue weighted by molar-refractivity contribution is 0.729. The monoisotopic (exact) mass is 337 g/mol. The molecule has 4 N–H and O–H groups in total. The second-order valence-electron chi connectivity index (χ2n) is 6.04. The fourth-order valence-corrected chi connectivity index (χ4v) is 2.83. The predicted molar refractivity (Wildman–Crippen MR) is 101 cm³/mol. The normalized spacial score (nSPS) is 18.0. The number of nitrogens with two attached hydrogens (primary N) is 1. The Balaban J connectivity index is 1.99. The van der Waals surface area contributed by atoms with Gasteiger partial charge < -0.3 is 16.4 Å². The highest BCUT2D eigenvalue weighted by molar-refractivity contribution is 6.08. The van der Waals surface area contributed by atoms with Gasteiger partial charge in [0, 0.05) is 44.2 Å². The van der Waals surface area contributed by atoms with Crippen molar-refractivity contribution in [2.45, 2.75) is 19.3 Å². The van der Waals surface area contributed by atoms with Crippen LogP contribution in [0.5, 0.6) is 0 Å². The zero-order chi connectivity index (χ0) is 17.6. The number of nitrogens with zero attached hydrogens (tertiary/aromatic N) is 4. The van der Waals surface area contributed by atoms with E-state index in [2.05, 4.69) is 25.6 Å². The van der Waals surface area contributed by atoms with E-state index in [1.54, 1.807) is 19.5 Å². The van der Waals surface area contributed by atoms with Crippen molar-refractivity contribution in [1.82, 2.24) is 20.3 Å². The lowest BCUT2D eigenvalue weighted by Gasteiger charge is -2.13. The third kappa shape index (κ3) is 4.19. The first kappa shape index (κ1) is 17.0. The van der Waals surface area contributed by atoms with Crippen molar-refractivity contribution in [1.29, 1.82) is 0 Å². The van der Waals surface area contributed by atoms with E-state index in [1.165, 1.54) is 6.20 Å². The van der Waals surface area contributed by atoms with Gasteiger partial charge in [0.15, 0.2) is 5.82 Å². The molecule has 0 aliphatic carbocycles. The molecule has 0 saturated carbocycles. The molecule has 7 nitrogen and oxygen atoms in total. The minimum atomic E-state index is 0.366. The maximum atomic E-state index is 5.74. The first-order chi connectivity index (χ1) is 12.2. The average Bonchev–Trinajstić information content (AvgIpc) is 3.14. The van der Waals surface area contributed by atoms with Crippen LogP contribution < -0.4 is 16.4 Å². The largest absolute Gasteiger partial charge is 0.404 e. The van der Waals surface area contributed by atoms with Crippen molar-refractivity contribution in [3.8, 4) is 0 Å². The van der Waals surface area contributed by atoms with Crippen LogP contribution in [0.4, 0.5) is 11.6 Å². The summed E-state index contributed by atoms with van der Waals surface area (Å²) >= 11 is 0. The molecule has 130 valence electrons. The molecule has 0 aromatic carbocycles. The van der Waals surface area contributed by atoms with E-state index >= 15 is 0 Å². The third-order valence-corrected chi connectivity index (χ3v) is 4.10. The zero-order valence-electron chi connectivity index (χ0n) is 14.5. The Morgan fingerprint density at radius 2 is 2.24 bits per heavy atom. The van der Waals surface area contributed by atoms with Crippen molar-refractivity contribution in [2.75, 3.05) is 25.5 Å². The van der Waals surface area contributed by atoms with Gasteiger partial charge in [0.2, 0.25) is 0 Å². The van der Waals surface area contributed by atoms with Gasteiger partial charge in [-0.2, -0.15) is 0 Å². The topological polar surface area (TPSA) is 101 Å². The summed E-state index contributed by atoms with van der Waals surface area (Å²) < 4.78 is 0. The van der Waals surface area contributed by atoms with E-state index in [1.807, 2.05) is 25.1 Å². The number of pyridine rings is 1. The van der Waals surface area contributed by atoms with Crippen molar-refractivity contribution in [3.05, 3.63) is 47.7 Å². The fraction of sp³-hybridized carbons (Fsp3) is 0.333. The van der Waals surface area contributed by atoms with E-state index in [0.717, 1.165) is 36.6 Å². The Morgan fingerprint density at radius 3 is 2.92 bits per heavy atom. The molecule has 1 aliphatic heterocycles. The van der Waals surface area contributed by atoms with Crippen molar-refractivity contribution in [3.63, 3.8) is 0 Å². The smallest absolute Gasteiger partial charge is 0.164 e. The molecule has 2 aromatic heterocycles. The van der Waals surface area contributed by atoms with Crippen LogP contribution in [0.2, 0.25) is 0 Å². The van der Waals surface area contributed by atoms with Crippen LogP contribution in [0.15, 0.2) is 35.6 Å². The van der Waals surface area contributed by atoms with Gasteiger partial charge in [-0.25, -0.2) is 15.0 Å². The Kier molecular flexibility index (Phi) is 5.35. The highest BCUT2D eigenvalue weighted by Gasteiger charge is 2.20. The number of anilines is 2. The number of nitrogens with one attached hydrogen (secondary N) is 2. The summed E-state index contributed by atoms with van der Waals surface area (Å²) in [6, 6.07) is 5.92. The van der Waals surface area contributed by atoms with Gasteiger partial charge in [0.1, 0.15) is 11.6 Å². The van der Waals surface area contributed by atoms with Crippen LogP contribution in [0.1, 0.15) is 29.4 Å². The summed E-state index contributed by atoms with van der Waals surface area (Å²) in [7, 11) is 1.70. The van der Waals surface area contributed by atoms with Gasteiger partial charge >= 0.3 is 0 Å². The van der Waals surface area contributed by atoms with Gasteiger partial charge in [-0.05, 0) is 37.6 Å². The summed E-state index contributed by atoms with van der Waals surface area (Å²) in [4.78, 5) is 17.7. The van der Waals surface area contributed by atoms with Crippen LogP contribution >= 0.6 is 0 Å². The van der Waals surface area contributed by atoms with Crippen molar-refractivity contribution in [2.24, 2.45) is 10.7 Å². The molecule has 7 heteroatoms. The van der Waals surface area contributed by atoms with Crippen LogP contribution in [0, 0.1) is 6.92 Å². The van der Waals surface area contributed by atoms with E-state index in [4.69, 9.17) is 10.7 Å². The molecule has 3 heterocycles. The van der Waals surface area contributed by atoms with Gasteiger partial charge in [0.05, 0.1) is 11.3 Å².